The molecule has 0 atom stereocenters. The van der Waals surface area contributed by atoms with Crippen LogP contribution in [0.25, 0.3) is 22.1 Å². The fourth-order valence-corrected chi connectivity index (χ4v) is 3.79. The zero-order valence-corrected chi connectivity index (χ0v) is 18.2. The van der Waals surface area contributed by atoms with Gasteiger partial charge < -0.3 is 20.5 Å². The topological polar surface area (TPSA) is 126 Å². The molecule has 0 spiro atoms. The van der Waals surface area contributed by atoms with Gasteiger partial charge in [0.1, 0.15) is 0 Å². The number of fused-ring (bicyclic) bond motifs is 1. The minimum Gasteiger partial charge on any atom is -0.358 e. The number of amides is 2. The number of carbonyl (C=O) groups is 2. The van der Waals surface area contributed by atoms with Crippen molar-refractivity contribution in [3.8, 4) is 0 Å². The standard InChI is InChI=1S/C22H27N7O2/c1-5-29(6-2)10-9-24-22(31)20-13(3)19(25-14(20)4)12-17-16-11-15(27-28-23)7-8-18(16)26-21(17)30/h7-8,11-12,25H,5-6,9-10H2,1-4H3,(H,24,31)(H,26,30)/b17-12-. The Hall–Kier alpha value is -3.55. The molecule has 2 aromatic rings. The van der Waals surface area contributed by atoms with Gasteiger partial charge in [0.2, 0.25) is 0 Å². The van der Waals surface area contributed by atoms with Crippen molar-refractivity contribution in [1.29, 1.82) is 0 Å². The van der Waals surface area contributed by atoms with E-state index in [4.69, 9.17) is 5.53 Å². The predicted octanol–water partition coefficient (Wildman–Crippen LogP) is 4.14. The molecule has 9 heteroatoms. The van der Waals surface area contributed by atoms with Crippen molar-refractivity contribution >= 4 is 34.8 Å². The molecule has 0 saturated carbocycles. The van der Waals surface area contributed by atoms with Crippen LogP contribution in [0, 0.1) is 13.8 Å². The number of hydrogen-bond donors (Lipinski definition) is 3. The summed E-state index contributed by atoms with van der Waals surface area (Å²) < 4.78 is 0. The summed E-state index contributed by atoms with van der Waals surface area (Å²) >= 11 is 0. The van der Waals surface area contributed by atoms with E-state index >= 15 is 0 Å². The van der Waals surface area contributed by atoms with Gasteiger partial charge in [-0.05, 0) is 56.2 Å². The highest BCUT2D eigenvalue weighted by Crippen LogP contribution is 2.36. The molecule has 2 heterocycles. The van der Waals surface area contributed by atoms with Crippen molar-refractivity contribution in [1.82, 2.24) is 15.2 Å². The Labute approximate surface area is 181 Å². The van der Waals surface area contributed by atoms with E-state index in [9.17, 15) is 9.59 Å². The highest BCUT2D eigenvalue weighted by molar-refractivity contribution is 6.35. The number of benzene rings is 1. The molecule has 31 heavy (non-hydrogen) atoms. The van der Waals surface area contributed by atoms with Crippen molar-refractivity contribution in [2.24, 2.45) is 5.11 Å². The van der Waals surface area contributed by atoms with Gasteiger partial charge in [0, 0.05) is 46.3 Å². The van der Waals surface area contributed by atoms with Gasteiger partial charge in [-0.3, -0.25) is 9.59 Å². The Bertz CT molecular complexity index is 1090. The number of H-pyrrole nitrogens is 1. The molecule has 1 aromatic carbocycles. The third-order valence-corrected chi connectivity index (χ3v) is 5.55. The average Bonchev–Trinajstić information content (AvgIpc) is 3.20. The fraction of sp³-hybridized carbons (Fsp3) is 0.364. The summed E-state index contributed by atoms with van der Waals surface area (Å²) in [5.41, 5.74) is 13.7. The summed E-state index contributed by atoms with van der Waals surface area (Å²) in [6.07, 6.45) is 1.73. The Balaban J connectivity index is 1.87. The zero-order chi connectivity index (χ0) is 22.5. The zero-order valence-electron chi connectivity index (χ0n) is 18.2. The van der Waals surface area contributed by atoms with Crippen LogP contribution in [0.5, 0.6) is 0 Å². The van der Waals surface area contributed by atoms with Gasteiger partial charge in [0.25, 0.3) is 11.8 Å². The number of likely N-dealkylation sites (N-methyl/N-ethyl adjacent to an activating group) is 1. The molecular formula is C22H27N7O2. The summed E-state index contributed by atoms with van der Waals surface area (Å²) in [5.74, 6) is -0.380. The largest absolute Gasteiger partial charge is 0.358 e. The number of nitrogens with one attached hydrogen (secondary N) is 3. The maximum atomic E-state index is 12.8. The number of carbonyl (C=O) groups excluding carboxylic acids is 2. The lowest BCUT2D eigenvalue weighted by Crippen LogP contribution is -2.35. The van der Waals surface area contributed by atoms with Crippen LogP contribution in [0.4, 0.5) is 11.4 Å². The smallest absolute Gasteiger partial charge is 0.256 e. The molecule has 0 bridgehead atoms. The molecule has 162 valence electrons. The van der Waals surface area contributed by atoms with Gasteiger partial charge >= 0.3 is 0 Å². The molecule has 0 fully saturated rings. The lowest BCUT2D eigenvalue weighted by molar-refractivity contribution is -0.110. The molecule has 3 N–H and O–H groups in total. The first-order valence-electron chi connectivity index (χ1n) is 10.3. The first kappa shape index (κ1) is 22.1. The van der Waals surface area contributed by atoms with Gasteiger partial charge in [-0.25, -0.2) is 0 Å². The van der Waals surface area contributed by atoms with Crippen LogP contribution in [0.15, 0.2) is 23.3 Å². The Morgan fingerprint density at radius 1 is 1.29 bits per heavy atom. The number of anilines is 1. The number of hydrogen-bond acceptors (Lipinski definition) is 4. The Kier molecular flexibility index (Phi) is 6.79. The van der Waals surface area contributed by atoms with E-state index in [0.29, 0.717) is 40.3 Å². The van der Waals surface area contributed by atoms with E-state index in [1.165, 1.54) is 0 Å². The first-order chi connectivity index (χ1) is 14.9. The van der Waals surface area contributed by atoms with Crippen molar-refractivity contribution in [3.63, 3.8) is 0 Å². The molecule has 0 radical (unpaired) electrons. The molecular weight excluding hydrogens is 394 g/mol. The van der Waals surface area contributed by atoms with Crippen molar-refractivity contribution in [2.75, 3.05) is 31.5 Å². The number of aryl methyl sites for hydroxylation is 1. The van der Waals surface area contributed by atoms with Crippen LogP contribution in [0.3, 0.4) is 0 Å². The van der Waals surface area contributed by atoms with Crippen molar-refractivity contribution < 1.29 is 9.59 Å². The second kappa shape index (κ2) is 9.51. The lowest BCUT2D eigenvalue weighted by Gasteiger charge is -2.18. The van der Waals surface area contributed by atoms with E-state index in [-0.39, 0.29) is 11.8 Å². The first-order valence-corrected chi connectivity index (χ1v) is 10.3. The fourth-order valence-electron chi connectivity index (χ4n) is 3.79. The van der Waals surface area contributed by atoms with E-state index in [0.717, 1.165) is 30.9 Å². The highest BCUT2D eigenvalue weighted by Gasteiger charge is 2.26. The third-order valence-electron chi connectivity index (χ3n) is 5.55. The summed E-state index contributed by atoms with van der Waals surface area (Å²) in [7, 11) is 0. The van der Waals surface area contributed by atoms with E-state index in [1.54, 1.807) is 24.3 Å². The van der Waals surface area contributed by atoms with Crippen LogP contribution < -0.4 is 10.6 Å². The normalized spacial score (nSPS) is 13.8. The minimum atomic E-state index is -0.245. The highest BCUT2D eigenvalue weighted by atomic mass is 16.2. The molecule has 9 nitrogen and oxygen atoms in total. The molecule has 0 unspecified atom stereocenters. The average molecular weight is 422 g/mol. The molecule has 0 aliphatic carbocycles. The van der Waals surface area contributed by atoms with Crippen molar-refractivity contribution in [3.05, 3.63) is 56.7 Å². The van der Waals surface area contributed by atoms with Gasteiger partial charge in [-0.2, -0.15) is 0 Å². The molecule has 0 saturated heterocycles. The van der Waals surface area contributed by atoms with Gasteiger partial charge in [-0.15, -0.1) is 0 Å². The summed E-state index contributed by atoms with van der Waals surface area (Å²) in [5, 5.41) is 9.41. The summed E-state index contributed by atoms with van der Waals surface area (Å²) in [4.78, 5) is 33.6. The minimum absolute atomic E-state index is 0.134. The monoisotopic (exact) mass is 421 g/mol. The molecule has 3 rings (SSSR count). The number of azide groups is 1. The number of rotatable bonds is 8. The number of aromatic nitrogens is 1. The summed E-state index contributed by atoms with van der Waals surface area (Å²) in [6, 6.07) is 5.02. The maximum absolute atomic E-state index is 12.8. The van der Waals surface area contributed by atoms with Crippen LogP contribution in [-0.4, -0.2) is 47.9 Å². The lowest BCUT2D eigenvalue weighted by atomic mass is 10.0. The van der Waals surface area contributed by atoms with E-state index in [1.807, 2.05) is 13.8 Å². The predicted molar refractivity (Wildman–Crippen MR) is 122 cm³/mol. The molecule has 2 amide bonds. The third kappa shape index (κ3) is 4.63. The van der Waals surface area contributed by atoms with Gasteiger partial charge in [-0.1, -0.05) is 25.0 Å². The maximum Gasteiger partial charge on any atom is 0.256 e. The van der Waals surface area contributed by atoms with Crippen LogP contribution >= 0.6 is 0 Å². The second-order valence-corrected chi connectivity index (χ2v) is 7.38. The van der Waals surface area contributed by atoms with Crippen molar-refractivity contribution in [2.45, 2.75) is 27.7 Å². The van der Waals surface area contributed by atoms with E-state index in [2.05, 4.69) is 44.4 Å². The van der Waals surface area contributed by atoms with Gasteiger partial charge in [0.05, 0.1) is 11.1 Å². The molecule has 1 aromatic heterocycles. The second-order valence-electron chi connectivity index (χ2n) is 7.38. The van der Waals surface area contributed by atoms with Crippen LogP contribution in [-0.2, 0) is 4.79 Å². The van der Waals surface area contributed by atoms with Crippen LogP contribution in [0.2, 0.25) is 0 Å². The SMILES string of the molecule is CCN(CC)CCNC(=O)c1c(C)[nH]c(/C=C2\C(=O)Nc3ccc(N=[N+]=[N-])cc32)c1C. The van der Waals surface area contributed by atoms with Gasteiger partial charge in [0.15, 0.2) is 0 Å². The van der Waals surface area contributed by atoms with Crippen LogP contribution in [0.1, 0.15) is 46.7 Å². The summed E-state index contributed by atoms with van der Waals surface area (Å²) in [6.45, 7) is 11.1. The van der Waals surface area contributed by atoms with E-state index < -0.39 is 0 Å². The Morgan fingerprint density at radius 3 is 2.71 bits per heavy atom. The Morgan fingerprint density at radius 2 is 2.03 bits per heavy atom. The molecule has 1 aliphatic rings. The molecule has 1 aliphatic heterocycles. The number of nitrogens with zero attached hydrogens (tertiary/aromatic N) is 4. The number of aromatic amines is 1. The quantitative estimate of drug-likeness (QED) is 0.257.